The Morgan fingerprint density at radius 1 is 0.885 bits per heavy atom. The highest BCUT2D eigenvalue weighted by molar-refractivity contribution is 9.10. The molecule has 0 aliphatic heterocycles. The zero-order valence-corrected chi connectivity index (χ0v) is 15.7. The summed E-state index contributed by atoms with van der Waals surface area (Å²) >= 11 is 3.41. The number of rotatable bonds is 5. The predicted molar refractivity (Wildman–Crippen MR) is 108 cm³/mol. The first kappa shape index (κ1) is 17.8. The van der Waals surface area contributed by atoms with Gasteiger partial charge in [-0.25, -0.2) is 0 Å². The molecule has 0 saturated carbocycles. The van der Waals surface area contributed by atoms with Crippen LogP contribution in [0.25, 0.3) is 0 Å². The van der Waals surface area contributed by atoms with Gasteiger partial charge in [0.2, 0.25) is 5.84 Å². The molecule has 5 nitrogen and oxygen atoms in total. The molecule has 1 N–H and O–H groups in total. The molecule has 26 heavy (non-hydrogen) atoms. The van der Waals surface area contributed by atoms with Crippen molar-refractivity contribution in [3.63, 3.8) is 0 Å². The number of hydrogen-bond donors (Lipinski definition) is 1. The number of amidine groups is 1. The van der Waals surface area contributed by atoms with Gasteiger partial charge in [0.05, 0.1) is 18.5 Å². The first-order valence-electron chi connectivity index (χ1n) is 7.95. The summed E-state index contributed by atoms with van der Waals surface area (Å²) in [6.45, 7) is 0. The Morgan fingerprint density at radius 3 is 2.23 bits per heavy atom. The Balaban J connectivity index is 1.88. The normalized spacial score (nSPS) is 11.5. The third-order valence-corrected chi connectivity index (χ3v) is 4.03. The number of benzene rings is 3. The van der Waals surface area contributed by atoms with Crippen molar-refractivity contribution in [3.05, 3.63) is 88.9 Å². The van der Waals surface area contributed by atoms with Crippen molar-refractivity contribution < 1.29 is 4.74 Å². The van der Waals surface area contributed by atoms with Gasteiger partial charge in [0.15, 0.2) is 0 Å². The highest BCUT2D eigenvalue weighted by atomic mass is 79.9. The Bertz CT molecular complexity index is 891. The van der Waals surface area contributed by atoms with E-state index in [2.05, 4.69) is 36.7 Å². The Morgan fingerprint density at radius 2 is 1.58 bits per heavy atom. The molecule has 0 aliphatic rings. The van der Waals surface area contributed by atoms with Gasteiger partial charge in [-0.05, 0) is 60.7 Å². The maximum Gasteiger partial charge on any atom is 0.201 e. The maximum absolute atomic E-state index is 5.20. The number of hydrogen-bond acceptors (Lipinski definition) is 4. The average molecular weight is 409 g/mol. The minimum atomic E-state index is 0.472. The summed E-state index contributed by atoms with van der Waals surface area (Å²) in [7, 11) is 1.63. The van der Waals surface area contributed by atoms with E-state index >= 15 is 0 Å². The molecule has 0 saturated heterocycles. The first-order chi connectivity index (χ1) is 12.7. The second-order valence-corrected chi connectivity index (χ2v) is 6.23. The number of ether oxygens (including phenoxy) is 1. The SMILES string of the molecule is COc1ccc(C(N=Nc2ccc(Br)cc2)=NNc2ccccc2)cc1. The summed E-state index contributed by atoms with van der Waals surface area (Å²) in [5, 5.41) is 13.0. The summed E-state index contributed by atoms with van der Waals surface area (Å²) in [6, 6.07) is 24.8. The molecule has 0 spiro atoms. The predicted octanol–water partition coefficient (Wildman–Crippen LogP) is 6.02. The van der Waals surface area contributed by atoms with Gasteiger partial charge in [-0.3, -0.25) is 5.43 Å². The van der Waals surface area contributed by atoms with Gasteiger partial charge in [0.25, 0.3) is 0 Å². The standard InChI is InChI=1S/C20H17BrN4O/c1-26-19-13-7-15(8-14-19)20(24-22-17-5-3-2-4-6-17)25-23-18-11-9-16(21)10-12-18/h2-14,22H,1H3. The third-order valence-electron chi connectivity index (χ3n) is 3.50. The van der Waals surface area contributed by atoms with E-state index in [0.29, 0.717) is 5.84 Å². The lowest BCUT2D eigenvalue weighted by Crippen LogP contribution is -2.01. The van der Waals surface area contributed by atoms with E-state index in [1.165, 1.54) is 0 Å². The lowest BCUT2D eigenvalue weighted by molar-refractivity contribution is 0.415. The largest absolute Gasteiger partial charge is 0.497 e. The maximum atomic E-state index is 5.20. The quantitative estimate of drug-likeness (QED) is 0.243. The number of hydrazone groups is 1. The fraction of sp³-hybridized carbons (Fsp3) is 0.0500. The van der Waals surface area contributed by atoms with Crippen LogP contribution in [0.2, 0.25) is 0 Å². The van der Waals surface area contributed by atoms with Gasteiger partial charge in [0, 0.05) is 10.0 Å². The molecule has 0 atom stereocenters. The molecule has 3 rings (SSSR count). The van der Waals surface area contributed by atoms with Gasteiger partial charge in [-0.2, -0.15) is 5.10 Å². The number of halogens is 1. The molecule has 3 aromatic carbocycles. The molecule has 0 unspecified atom stereocenters. The topological polar surface area (TPSA) is 58.3 Å². The molecule has 0 aromatic heterocycles. The van der Waals surface area contributed by atoms with Crippen molar-refractivity contribution in [1.82, 2.24) is 0 Å². The van der Waals surface area contributed by atoms with Crippen molar-refractivity contribution in [2.24, 2.45) is 15.3 Å². The number of azo groups is 1. The molecular formula is C20H17BrN4O. The molecular weight excluding hydrogens is 392 g/mol. The molecule has 130 valence electrons. The molecule has 3 aromatic rings. The molecule has 0 heterocycles. The minimum Gasteiger partial charge on any atom is -0.497 e. The molecule has 0 aliphatic carbocycles. The lowest BCUT2D eigenvalue weighted by atomic mass is 10.2. The van der Waals surface area contributed by atoms with Crippen LogP contribution in [0, 0.1) is 0 Å². The van der Waals surface area contributed by atoms with Gasteiger partial charge in [0.1, 0.15) is 5.75 Å². The molecule has 0 fully saturated rings. The van der Waals surface area contributed by atoms with Crippen molar-refractivity contribution in [3.8, 4) is 5.75 Å². The fourth-order valence-electron chi connectivity index (χ4n) is 2.13. The zero-order valence-electron chi connectivity index (χ0n) is 14.1. The number of para-hydroxylation sites is 1. The highest BCUT2D eigenvalue weighted by Crippen LogP contribution is 2.19. The monoisotopic (exact) mass is 408 g/mol. The first-order valence-corrected chi connectivity index (χ1v) is 8.74. The van der Waals surface area contributed by atoms with Crippen molar-refractivity contribution in [2.75, 3.05) is 12.5 Å². The summed E-state index contributed by atoms with van der Waals surface area (Å²) < 4.78 is 6.20. The number of nitrogens with zero attached hydrogens (tertiary/aromatic N) is 3. The molecule has 0 radical (unpaired) electrons. The third kappa shape index (κ3) is 5.00. The zero-order chi connectivity index (χ0) is 18.2. The number of methoxy groups -OCH3 is 1. The van der Waals surface area contributed by atoms with Gasteiger partial charge in [-0.1, -0.05) is 34.1 Å². The summed E-state index contributed by atoms with van der Waals surface area (Å²) in [4.78, 5) is 0. The van der Waals surface area contributed by atoms with E-state index in [4.69, 9.17) is 4.74 Å². The van der Waals surface area contributed by atoms with Crippen molar-refractivity contribution in [2.45, 2.75) is 0 Å². The summed E-state index contributed by atoms with van der Waals surface area (Å²) in [6.07, 6.45) is 0. The summed E-state index contributed by atoms with van der Waals surface area (Å²) in [5.74, 6) is 1.24. The lowest BCUT2D eigenvalue weighted by Gasteiger charge is -2.05. The Labute approximate surface area is 160 Å². The van der Waals surface area contributed by atoms with E-state index in [9.17, 15) is 0 Å². The van der Waals surface area contributed by atoms with Crippen LogP contribution in [0.1, 0.15) is 5.56 Å². The summed E-state index contributed by atoms with van der Waals surface area (Å²) in [5.41, 5.74) is 5.46. The van der Waals surface area contributed by atoms with Crippen LogP contribution < -0.4 is 10.2 Å². The fourth-order valence-corrected chi connectivity index (χ4v) is 2.39. The molecule has 0 amide bonds. The smallest absolute Gasteiger partial charge is 0.201 e. The van der Waals surface area contributed by atoms with E-state index in [-0.39, 0.29) is 0 Å². The van der Waals surface area contributed by atoms with E-state index in [1.807, 2.05) is 78.9 Å². The van der Waals surface area contributed by atoms with E-state index in [1.54, 1.807) is 7.11 Å². The van der Waals surface area contributed by atoms with Crippen LogP contribution in [-0.4, -0.2) is 12.9 Å². The van der Waals surface area contributed by atoms with Crippen LogP contribution in [0.15, 0.2) is 98.7 Å². The van der Waals surface area contributed by atoms with Crippen LogP contribution in [0.4, 0.5) is 11.4 Å². The second kappa shape index (κ2) is 8.92. The van der Waals surface area contributed by atoms with Gasteiger partial charge in [-0.15, -0.1) is 10.2 Å². The van der Waals surface area contributed by atoms with Gasteiger partial charge >= 0.3 is 0 Å². The van der Waals surface area contributed by atoms with Crippen LogP contribution in [0.3, 0.4) is 0 Å². The number of anilines is 1. The van der Waals surface area contributed by atoms with E-state index < -0.39 is 0 Å². The van der Waals surface area contributed by atoms with Crippen LogP contribution >= 0.6 is 15.9 Å². The van der Waals surface area contributed by atoms with Crippen LogP contribution in [0.5, 0.6) is 5.75 Å². The Hall–Kier alpha value is -2.99. The van der Waals surface area contributed by atoms with Crippen molar-refractivity contribution in [1.29, 1.82) is 0 Å². The highest BCUT2D eigenvalue weighted by Gasteiger charge is 2.04. The van der Waals surface area contributed by atoms with E-state index in [0.717, 1.165) is 27.2 Å². The second-order valence-electron chi connectivity index (χ2n) is 5.32. The number of nitrogens with one attached hydrogen (secondary N) is 1. The van der Waals surface area contributed by atoms with Gasteiger partial charge < -0.3 is 4.74 Å². The van der Waals surface area contributed by atoms with Crippen molar-refractivity contribution >= 4 is 33.1 Å². The Kier molecular flexibility index (Phi) is 6.11. The average Bonchev–Trinajstić information content (AvgIpc) is 2.70. The van der Waals surface area contributed by atoms with Crippen LogP contribution in [-0.2, 0) is 0 Å². The molecule has 6 heteroatoms. The molecule has 0 bridgehead atoms. The minimum absolute atomic E-state index is 0.472.